The standard InChI is InChI=1S/C23H27N3O2/c1-17-8-10-18(11-9-17)22-20(16-21(27)24(22)2)23(28)26-14-12-25(13-15-26)19-6-4-3-5-7-19/h3-11,20,22H,12-16H2,1-2H3/t20-,22-/m0/s1. The van der Waals surface area contributed by atoms with E-state index < -0.39 is 0 Å². The maximum Gasteiger partial charge on any atom is 0.228 e. The van der Waals surface area contributed by atoms with E-state index in [9.17, 15) is 9.59 Å². The maximum absolute atomic E-state index is 13.3. The number of likely N-dealkylation sites (tertiary alicyclic amines) is 1. The summed E-state index contributed by atoms with van der Waals surface area (Å²) in [5.74, 6) is -0.147. The molecule has 28 heavy (non-hydrogen) atoms. The number of para-hydroxylation sites is 1. The number of amides is 2. The smallest absolute Gasteiger partial charge is 0.228 e. The number of hydrogen-bond donors (Lipinski definition) is 0. The molecular formula is C23H27N3O2. The molecule has 0 radical (unpaired) electrons. The van der Waals surface area contributed by atoms with Crippen LogP contribution in [-0.4, -0.2) is 54.8 Å². The highest BCUT2D eigenvalue weighted by Crippen LogP contribution is 2.38. The van der Waals surface area contributed by atoms with Gasteiger partial charge in [0, 0.05) is 45.3 Å². The number of aryl methyl sites for hydroxylation is 1. The van der Waals surface area contributed by atoms with E-state index in [4.69, 9.17) is 0 Å². The van der Waals surface area contributed by atoms with Gasteiger partial charge in [-0.25, -0.2) is 0 Å². The largest absolute Gasteiger partial charge is 0.368 e. The zero-order valence-electron chi connectivity index (χ0n) is 16.5. The molecule has 2 heterocycles. The van der Waals surface area contributed by atoms with Crippen molar-refractivity contribution < 1.29 is 9.59 Å². The van der Waals surface area contributed by atoms with E-state index in [2.05, 4.69) is 17.0 Å². The lowest BCUT2D eigenvalue weighted by Gasteiger charge is -2.38. The third-order valence-corrected chi connectivity index (χ3v) is 6.04. The Morgan fingerprint density at radius 3 is 2.21 bits per heavy atom. The van der Waals surface area contributed by atoms with E-state index in [0.717, 1.165) is 18.7 Å². The highest BCUT2D eigenvalue weighted by Gasteiger charge is 2.44. The SMILES string of the molecule is Cc1ccc([C@H]2[C@@H](C(=O)N3CCN(c4ccccc4)CC3)CC(=O)N2C)cc1. The van der Waals surface area contributed by atoms with Crippen molar-refractivity contribution in [2.75, 3.05) is 38.1 Å². The summed E-state index contributed by atoms with van der Waals surface area (Å²) in [4.78, 5) is 31.7. The van der Waals surface area contributed by atoms with Crippen molar-refractivity contribution in [3.05, 3.63) is 65.7 Å². The molecule has 4 rings (SSSR count). The van der Waals surface area contributed by atoms with Gasteiger partial charge < -0.3 is 14.7 Å². The first-order valence-electron chi connectivity index (χ1n) is 9.95. The van der Waals surface area contributed by atoms with Crippen molar-refractivity contribution in [3.8, 4) is 0 Å². The van der Waals surface area contributed by atoms with E-state index in [-0.39, 0.29) is 23.8 Å². The van der Waals surface area contributed by atoms with Crippen LogP contribution in [-0.2, 0) is 9.59 Å². The van der Waals surface area contributed by atoms with Crippen molar-refractivity contribution in [2.45, 2.75) is 19.4 Å². The van der Waals surface area contributed by atoms with Crippen LogP contribution in [0.3, 0.4) is 0 Å². The molecule has 0 saturated carbocycles. The van der Waals surface area contributed by atoms with Crippen LogP contribution in [0, 0.1) is 12.8 Å². The van der Waals surface area contributed by atoms with Gasteiger partial charge in [-0.15, -0.1) is 0 Å². The first-order chi connectivity index (χ1) is 13.5. The summed E-state index contributed by atoms with van der Waals surface area (Å²) in [5.41, 5.74) is 3.42. The molecule has 2 aromatic carbocycles. The molecule has 2 aliphatic rings. The third-order valence-electron chi connectivity index (χ3n) is 6.04. The molecule has 0 aliphatic carbocycles. The molecule has 2 atom stereocenters. The van der Waals surface area contributed by atoms with Gasteiger partial charge in [0.1, 0.15) is 0 Å². The number of carbonyl (C=O) groups excluding carboxylic acids is 2. The number of nitrogens with zero attached hydrogens (tertiary/aromatic N) is 3. The van der Waals surface area contributed by atoms with Crippen LogP contribution in [0.2, 0.25) is 0 Å². The fourth-order valence-electron chi connectivity index (χ4n) is 4.37. The van der Waals surface area contributed by atoms with Crippen LogP contribution in [0.4, 0.5) is 5.69 Å². The fourth-order valence-corrected chi connectivity index (χ4v) is 4.37. The number of anilines is 1. The monoisotopic (exact) mass is 377 g/mol. The molecule has 5 nitrogen and oxygen atoms in total. The van der Waals surface area contributed by atoms with Gasteiger partial charge in [0.25, 0.3) is 0 Å². The Labute approximate surface area is 166 Å². The molecule has 2 aliphatic heterocycles. The summed E-state index contributed by atoms with van der Waals surface area (Å²) >= 11 is 0. The van der Waals surface area contributed by atoms with Gasteiger partial charge in [-0.3, -0.25) is 9.59 Å². The number of hydrogen-bond acceptors (Lipinski definition) is 3. The molecule has 0 N–H and O–H groups in total. The molecule has 2 aromatic rings. The second-order valence-corrected chi connectivity index (χ2v) is 7.82. The molecule has 0 spiro atoms. The van der Waals surface area contributed by atoms with Gasteiger partial charge in [-0.05, 0) is 24.6 Å². The maximum atomic E-state index is 13.3. The molecule has 146 valence electrons. The van der Waals surface area contributed by atoms with Crippen molar-refractivity contribution in [1.82, 2.24) is 9.80 Å². The minimum absolute atomic E-state index is 0.0480. The van der Waals surface area contributed by atoms with Gasteiger partial charge in [0.2, 0.25) is 11.8 Å². The lowest BCUT2D eigenvalue weighted by atomic mass is 9.91. The van der Waals surface area contributed by atoms with Crippen LogP contribution >= 0.6 is 0 Å². The fraction of sp³-hybridized carbons (Fsp3) is 0.391. The summed E-state index contributed by atoms with van der Waals surface area (Å²) in [6.45, 7) is 5.08. The van der Waals surface area contributed by atoms with E-state index in [1.807, 2.05) is 61.3 Å². The second-order valence-electron chi connectivity index (χ2n) is 7.82. The molecule has 0 aromatic heterocycles. The normalized spacial score (nSPS) is 22.6. The summed E-state index contributed by atoms with van der Waals surface area (Å²) in [5, 5.41) is 0. The highest BCUT2D eigenvalue weighted by atomic mass is 16.2. The minimum Gasteiger partial charge on any atom is -0.368 e. The molecule has 2 fully saturated rings. The zero-order chi connectivity index (χ0) is 19.7. The first kappa shape index (κ1) is 18.5. The van der Waals surface area contributed by atoms with Gasteiger partial charge in [0.15, 0.2) is 0 Å². The van der Waals surface area contributed by atoms with Crippen LogP contribution in [0.15, 0.2) is 54.6 Å². The Balaban J connectivity index is 1.47. The van der Waals surface area contributed by atoms with Crippen LogP contribution < -0.4 is 4.90 Å². The Hall–Kier alpha value is -2.82. The van der Waals surface area contributed by atoms with Crippen molar-refractivity contribution in [3.63, 3.8) is 0 Å². The summed E-state index contributed by atoms with van der Waals surface area (Å²) < 4.78 is 0. The molecule has 2 amide bonds. The number of rotatable bonds is 3. The second kappa shape index (κ2) is 7.66. The Kier molecular flexibility index (Phi) is 5.07. The molecule has 5 heteroatoms. The predicted molar refractivity (Wildman–Crippen MR) is 110 cm³/mol. The van der Waals surface area contributed by atoms with Crippen LogP contribution in [0.5, 0.6) is 0 Å². The average Bonchev–Trinajstić information content (AvgIpc) is 3.03. The topological polar surface area (TPSA) is 43.9 Å². The first-order valence-corrected chi connectivity index (χ1v) is 9.95. The molecule has 2 saturated heterocycles. The predicted octanol–water partition coefficient (Wildman–Crippen LogP) is 2.86. The molecular weight excluding hydrogens is 350 g/mol. The lowest BCUT2D eigenvalue weighted by Crippen LogP contribution is -2.51. The molecule has 0 unspecified atom stereocenters. The van der Waals surface area contributed by atoms with Crippen LogP contribution in [0.1, 0.15) is 23.6 Å². The summed E-state index contributed by atoms with van der Waals surface area (Å²) in [7, 11) is 1.81. The van der Waals surface area contributed by atoms with E-state index in [1.165, 1.54) is 11.3 Å². The molecule has 0 bridgehead atoms. The van der Waals surface area contributed by atoms with Crippen molar-refractivity contribution in [1.29, 1.82) is 0 Å². The third kappa shape index (κ3) is 3.49. The van der Waals surface area contributed by atoms with Gasteiger partial charge in [-0.2, -0.15) is 0 Å². The zero-order valence-corrected chi connectivity index (χ0v) is 16.5. The number of carbonyl (C=O) groups is 2. The van der Waals surface area contributed by atoms with Crippen molar-refractivity contribution in [2.24, 2.45) is 5.92 Å². The Bertz CT molecular complexity index is 842. The summed E-state index contributed by atoms with van der Waals surface area (Å²) in [6, 6.07) is 18.3. The van der Waals surface area contributed by atoms with E-state index in [0.29, 0.717) is 19.5 Å². The number of benzene rings is 2. The number of piperazine rings is 1. The summed E-state index contributed by atoms with van der Waals surface area (Å²) in [6.07, 6.45) is 0.298. The quantitative estimate of drug-likeness (QED) is 0.826. The minimum atomic E-state index is -0.302. The van der Waals surface area contributed by atoms with Crippen molar-refractivity contribution >= 4 is 17.5 Å². The van der Waals surface area contributed by atoms with E-state index >= 15 is 0 Å². The Morgan fingerprint density at radius 2 is 1.57 bits per heavy atom. The Morgan fingerprint density at radius 1 is 0.929 bits per heavy atom. The van der Waals surface area contributed by atoms with Crippen LogP contribution in [0.25, 0.3) is 0 Å². The van der Waals surface area contributed by atoms with Gasteiger partial charge in [0.05, 0.1) is 12.0 Å². The average molecular weight is 377 g/mol. The van der Waals surface area contributed by atoms with Gasteiger partial charge >= 0.3 is 0 Å². The van der Waals surface area contributed by atoms with E-state index in [1.54, 1.807) is 4.90 Å². The van der Waals surface area contributed by atoms with Gasteiger partial charge in [-0.1, -0.05) is 48.0 Å². The lowest BCUT2D eigenvalue weighted by molar-refractivity contribution is -0.136. The highest BCUT2D eigenvalue weighted by molar-refractivity contribution is 5.90.